The molecule has 0 spiro atoms. The third-order valence-electron chi connectivity index (χ3n) is 4.77. The molecule has 0 radical (unpaired) electrons. The molecular weight excluding hydrogens is 490 g/mol. The minimum absolute atomic E-state index is 0.148. The van der Waals surface area contributed by atoms with Crippen molar-refractivity contribution in [1.82, 2.24) is 15.5 Å². The molecule has 0 fully saturated rings. The highest BCUT2D eigenvalue weighted by atomic mass is 79.9. The van der Waals surface area contributed by atoms with E-state index in [1.54, 1.807) is 0 Å². The van der Waals surface area contributed by atoms with Gasteiger partial charge in [-0.2, -0.15) is 0 Å². The molecule has 1 unspecified atom stereocenters. The topological polar surface area (TPSA) is 110 Å². The lowest BCUT2D eigenvalue weighted by atomic mass is 10.0. The van der Waals surface area contributed by atoms with Crippen molar-refractivity contribution in [1.29, 1.82) is 0 Å². The van der Waals surface area contributed by atoms with Gasteiger partial charge in [-0.05, 0) is 37.1 Å². The summed E-state index contributed by atoms with van der Waals surface area (Å²) in [4.78, 5) is 25.5. The van der Waals surface area contributed by atoms with Gasteiger partial charge in [0.25, 0.3) is 0 Å². The number of halogens is 1. The number of carbonyl (C=O) groups is 2. The average molecular weight is 516 g/mol. The van der Waals surface area contributed by atoms with Gasteiger partial charge in [-0.1, -0.05) is 76.2 Å². The van der Waals surface area contributed by atoms with Crippen LogP contribution in [0.2, 0.25) is 0 Å². The number of nitrogens with zero attached hydrogens (tertiary/aromatic N) is 2. The van der Waals surface area contributed by atoms with E-state index < -0.39 is 6.04 Å². The maximum atomic E-state index is 13.0. The predicted molar refractivity (Wildman–Crippen MR) is 131 cm³/mol. The molecule has 2 aromatic carbocycles. The summed E-state index contributed by atoms with van der Waals surface area (Å²) in [6.45, 7) is 0.616. The van der Waals surface area contributed by atoms with Crippen LogP contribution in [0.1, 0.15) is 31.2 Å². The number of unbranched alkanes of at least 4 members (excludes halogenated alkanes) is 2. The molecule has 32 heavy (non-hydrogen) atoms. The van der Waals surface area contributed by atoms with Gasteiger partial charge in [0.05, 0.1) is 0 Å². The van der Waals surface area contributed by atoms with Crippen LogP contribution < -0.4 is 16.4 Å². The SMILES string of the molecule is NCCCCCC(=O)NC(Cc1ccccc1)C(=O)Nc1nnc(-c2cccc(Br)c2)s1. The number of carbonyl (C=O) groups excluding carboxylic acids is 2. The Kier molecular flexibility index (Phi) is 9.33. The molecule has 0 aliphatic rings. The molecule has 9 heteroatoms. The van der Waals surface area contributed by atoms with Gasteiger partial charge in [-0.15, -0.1) is 10.2 Å². The first-order valence-corrected chi connectivity index (χ1v) is 12.1. The molecule has 0 saturated carbocycles. The summed E-state index contributed by atoms with van der Waals surface area (Å²) in [5.41, 5.74) is 7.37. The number of anilines is 1. The van der Waals surface area contributed by atoms with Gasteiger partial charge in [0.1, 0.15) is 11.0 Å². The van der Waals surface area contributed by atoms with Gasteiger partial charge in [0.2, 0.25) is 16.9 Å². The van der Waals surface area contributed by atoms with E-state index in [-0.39, 0.29) is 11.8 Å². The molecule has 1 heterocycles. The zero-order valence-corrected chi connectivity index (χ0v) is 20.0. The van der Waals surface area contributed by atoms with Crippen LogP contribution in [0.3, 0.4) is 0 Å². The van der Waals surface area contributed by atoms with E-state index in [0.29, 0.717) is 29.5 Å². The third kappa shape index (κ3) is 7.51. The monoisotopic (exact) mass is 515 g/mol. The fourth-order valence-corrected chi connectivity index (χ4v) is 4.28. The van der Waals surface area contributed by atoms with Crippen molar-refractivity contribution in [2.24, 2.45) is 5.73 Å². The second-order valence-electron chi connectivity index (χ2n) is 7.32. The molecule has 4 N–H and O–H groups in total. The Balaban J connectivity index is 1.67. The van der Waals surface area contributed by atoms with Crippen LogP contribution >= 0.6 is 27.3 Å². The molecule has 0 bridgehead atoms. The van der Waals surface area contributed by atoms with Crippen LogP contribution in [0.15, 0.2) is 59.1 Å². The van der Waals surface area contributed by atoms with E-state index in [2.05, 4.69) is 36.8 Å². The van der Waals surface area contributed by atoms with Crippen molar-refractivity contribution >= 4 is 44.2 Å². The highest BCUT2D eigenvalue weighted by Crippen LogP contribution is 2.28. The molecule has 0 aliphatic heterocycles. The highest BCUT2D eigenvalue weighted by molar-refractivity contribution is 9.10. The fraction of sp³-hybridized carbons (Fsp3) is 0.304. The molecule has 1 aromatic heterocycles. The van der Waals surface area contributed by atoms with Crippen LogP contribution in [0.25, 0.3) is 10.6 Å². The van der Waals surface area contributed by atoms with Crippen molar-refractivity contribution < 1.29 is 9.59 Å². The minimum atomic E-state index is -0.711. The Morgan fingerprint density at radius 1 is 1.03 bits per heavy atom. The van der Waals surface area contributed by atoms with Crippen LogP contribution in [0.4, 0.5) is 5.13 Å². The molecule has 2 amide bonds. The summed E-state index contributed by atoms with van der Waals surface area (Å²) in [7, 11) is 0. The molecule has 3 aromatic rings. The average Bonchev–Trinajstić information content (AvgIpc) is 3.25. The lowest BCUT2D eigenvalue weighted by molar-refractivity contribution is -0.126. The number of hydrogen-bond acceptors (Lipinski definition) is 6. The number of nitrogens with two attached hydrogens (primary N) is 1. The van der Waals surface area contributed by atoms with E-state index in [4.69, 9.17) is 5.73 Å². The summed E-state index contributed by atoms with van der Waals surface area (Å²) < 4.78 is 0.938. The fourth-order valence-electron chi connectivity index (χ4n) is 3.14. The second kappa shape index (κ2) is 12.4. The smallest absolute Gasteiger partial charge is 0.249 e. The van der Waals surface area contributed by atoms with Crippen molar-refractivity contribution in [2.75, 3.05) is 11.9 Å². The van der Waals surface area contributed by atoms with E-state index in [1.807, 2.05) is 54.6 Å². The standard InChI is InChI=1S/C23H26BrN5O2S/c24-18-11-7-10-17(15-18)22-28-29-23(32-22)27-21(31)19(14-16-8-3-1-4-9-16)26-20(30)12-5-2-6-13-25/h1,3-4,7-11,15,19H,2,5-6,12-14,25H2,(H,26,30)(H,27,29,31). The minimum Gasteiger partial charge on any atom is -0.344 e. The Labute approximate surface area is 200 Å². The molecule has 3 rings (SSSR count). The number of hydrogen-bond donors (Lipinski definition) is 3. The molecule has 1 atom stereocenters. The first-order valence-electron chi connectivity index (χ1n) is 10.5. The summed E-state index contributed by atoms with van der Waals surface area (Å²) in [5, 5.41) is 15.1. The normalized spacial score (nSPS) is 11.7. The number of amides is 2. The molecular formula is C23H26BrN5O2S. The van der Waals surface area contributed by atoms with Crippen molar-refractivity contribution in [2.45, 2.75) is 38.1 Å². The zero-order valence-electron chi connectivity index (χ0n) is 17.6. The Hall–Kier alpha value is -2.62. The van der Waals surface area contributed by atoms with Gasteiger partial charge < -0.3 is 11.1 Å². The molecule has 7 nitrogen and oxygen atoms in total. The maximum Gasteiger partial charge on any atom is 0.249 e. The van der Waals surface area contributed by atoms with Gasteiger partial charge in [0, 0.05) is 22.9 Å². The number of benzene rings is 2. The largest absolute Gasteiger partial charge is 0.344 e. The van der Waals surface area contributed by atoms with Crippen LogP contribution in [0, 0.1) is 0 Å². The molecule has 0 saturated heterocycles. The van der Waals surface area contributed by atoms with E-state index in [1.165, 1.54) is 11.3 Å². The van der Waals surface area contributed by atoms with E-state index >= 15 is 0 Å². The van der Waals surface area contributed by atoms with Crippen molar-refractivity contribution in [3.05, 3.63) is 64.6 Å². The van der Waals surface area contributed by atoms with Crippen LogP contribution in [-0.4, -0.2) is 34.6 Å². The number of rotatable bonds is 11. The van der Waals surface area contributed by atoms with Crippen LogP contribution in [0.5, 0.6) is 0 Å². The van der Waals surface area contributed by atoms with Crippen LogP contribution in [-0.2, 0) is 16.0 Å². The Morgan fingerprint density at radius 3 is 2.59 bits per heavy atom. The lowest BCUT2D eigenvalue weighted by Crippen LogP contribution is -2.45. The summed E-state index contributed by atoms with van der Waals surface area (Å²) in [6, 6.07) is 16.6. The van der Waals surface area contributed by atoms with Gasteiger partial charge in [-0.3, -0.25) is 14.9 Å². The quantitative estimate of drug-likeness (QED) is 0.332. The number of aromatic nitrogens is 2. The lowest BCUT2D eigenvalue weighted by Gasteiger charge is -2.18. The maximum absolute atomic E-state index is 13.0. The van der Waals surface area contributed by atoms with Crippen molar-refractivity contribution in [3.8, 4) is 10.6 Å². The molecule has 0 aliphatic carbocycles. The van der Waals surface area contributed by atoms with Gasteiger partial charge >= 0.3 is 0 Å². The first-order chi connectivity index (χ1) is 15.5. The first kappa shape index (κ1) is 24.0. The Bertz CT molecular complexity index is 1030. The highest BCUT2D eigenvalue weighted by Gasteiger charge is 2.22. The summed E-state index contributed by atoms with van der Waals surface area (Å²) in [5.74, 6) is -0.466. The predicted octanol–water partition coefficient (Wildman–Crippen LogP) is 4.15. The van der Waals surface area contributed by atoms with E-state index in [9.17, 15) is 9.59 Å². The van der Waals surface area contributed by atoms with Gasteiger partial charge in [0.15, 0.2) is 0 Å². The zero-order chi connectivity index (χ0) is 22.8. The van der Waals surface area contributed by atoms with E-state index in [0.717, 1.165) is 34.9 Å². The van der Waals surface area contributed by atoms with Crippen molar-refractivity contribution in [3.63, 3.8) is 0 Å². The summed E-state index contributed by atoms with van der Waals surface area (Å²) >= 11 is 4.73. The second-order valence-corrected chi connectivity index (χ2v) is 9.21. The summed E-state index contributed by atoms with van der Waals surface area (Å²) in [6.07, 6.45) is 3.28. The molecule has 168 valence electrons. The van der Waals surface area contributed by atoms with Gasteiger partial charge in [-0.25, -0.2) is 0 Å². The Morgan fingerprint density at radius 2 is 1.84 bits per heavy atom. The third-order valence-corrected chi connectivity index (χ3v) is 6.15. The number of nitrogens with one attached hydrogen (secondary N) is 2.